The third-order valence-corrected chi connectivity index (χ3v) is 12.4. The van der Waals surface area contributed by atoms with Crippen molar-refractivity contribution < 1.29 is 37.9 Å². The Morgan fingerprint density at radius 2 is 0.630 bits per heavy atom. The van der Waals surface area contributed by atoms with Gasteiger partial charge >= 0.3 is 0 Å². The van der Waals surface area contributed by atoms with Gasteiger partial charge in [0.2, 0.25) is 0 Å². The van der Waals surface area contributed by atoms with E-state index in [9.17, 15) is 0 Å². The van der Waals surface area contributed by atoms with Gasteiger partial charge in [0.25, 0.3) is 0 Å². The molecule has 0 spiro atoms. The van der Waals surface area contributed by atoms with Gasteiger partial charge in [-0.25, -0.2) is 0 Å². The molecule has 4 saturated heterocycles. The van der Waals surface area contributed by atoms with Crippen molar-refractivity contribution in [3.8, 4) is 23.0 Å². The normalized spacial score (nSPS) is 22.0. The van der Waals surface area contributed by atoms with Crippen LogP contribution in [0.5, 0.6) is 23.0 Å². The average Bonchev–Trinajstić information content (AvgIpc) is 3.92. The van der Waals surface area contributed by atoms with Crippen LogP contribution in [-0.4, -0.2) is 77.3 Å². The zero-order valence-electron chi connectivity index (χ0n) is 30.5. The van der Waals surface area contributed by atoms with Gasteiger partial charge in [0, 0.05) is 11.8 Å². The van der Waals surface area contributed by atoms with Gasteiger partial charge in [-0.3, -0.25) is 0 Å². The van der Waals surface area contributed by atoms with Crippen molar-refractivity contribution in [3.63, 3.8) is 0 Å². The van der Waals surface area contributed by atoms with E-state index in [1.54, 1.807) is 0 Å². The first-order valence-corrected chi connectivity index (χ1v) is 21.4. The minimum Gasteiger partial charge on any atom is -0.489 e. The summed E-state index contributed by atoms with van der Waals surface area (Å²) in [6.45, 7) is 13.5. The van der Waals surface area contributed by atoms with Crippen molar-refractivity contribution in [2.24, 2.45) is 0 Å². The molecule has 0 saturated carbocycles. The van der Waals surface area contributed by atoms with E-state index < -0.39 is 0 Å². The molecule has 4 aliphatic rings. The Labute approximate surface area is 350 Å². The highest BCUT2D eigenvalue weighted by Crippen LogP contribution is 2.50. The van der Waals surface area contributed by atoms with Gasteiger partial charge in [0.05, 0.1) is 44.3 Å². The molecule has 0 N–H and O–H groups in total. The fourth-order valence-electron chi connectivity index (χ4n) is 7.00. The minimum atomic E-state index is -0.160. The molecule has 8 rings (SSSR count). The first-order valence-electron chi connectivity index (χ1n) is 18.2. The Bertz CT molecular complexity index is 1660. The predicted molar refractivity (Wildman–Crippen MR) is 220 cm³/mol. The number of benzene rings is 4. The highest BCUT2D eigenvalue weighted by atomic mass is 79.9. The number of ether oxygens (including phenoxy) is 8. The van der Waals surface area contributed by atoms with Gasteiger partial charge < -0.3 is 37.9 Å². The molecular formula is C42H42Br4O8. The molecule has 4 atom stereocenters. The van der Waals surface area contributed by atoms with Crippen LogP contribution in [0, 0.1) is 27.7 Å². The fraction of sp³-hybridized carbons (Fsp3) is 0.429. The second-order valence-electron chi connectivity index (χ2n) is 14.6. The summed E-state index contributed by atoms with van der Waals surface area (Å²) >= 11 is 15.6. The maximum atomic E-state index is 6.28. The number of halogens is 4. The van der Waals surface area contributed by atoms with Crippen LogP contribution in [-0.2, 0) is 18.9 Å². The minimum absolute atomic E-state index is 0.150. The van der Waals surface area contributed by atoms with Crippen LogP contribution in [0.4, 0.5) is 0 Å². The SMILES string of the molecule is Cc1cc(C(c2cc(C)c(OCC3CO3)c(Br)c2)C(c2cc(C)c(OCC3CO3)c(Br)c2)c2cc(C)c(OCC3CO3)c(Br)c2)cc(Br)c1OCC1CO1. The van der Waals surface area contributed by atoms with E-state index in [1.165, 1.54) is 0 Å². The van der Waals surface area contributed by atoms with Gasteiger partial charge in [-0.15, -0.1) is 0 Å². The molecule has 4 aromatic rings. The molecule has 0 aliphatic carbocycles. The van der Waals surface area contributed by atoms with Crippen LogP contribution in [0.3, 0.4) is 0 Å². The van der Waals surface area contributed by atoms with E-state index in [1.807, 2.05) is 0 Å². The van der Waals surface area contributed by atoms with Crippen LogP contribution in [0.1, 0.15) is 56.3 Å². The van der Waals surface area contributed by atoms with E-state index in [0.29, 0.717) is 26.4 Å². The Morgan fingerprint density at radius 1 is 0.426 bits per heavy atom. The lowest BCUT2D eigenvalue weighted by atomic mass is 9.72. The Balaban J connectivity index is 1.28. The van der Waals surface area contributed by atoms with Crippen LogP contribution in [0.25, 0.3) is 0 Å². The number of epoxide rings is 4. The molecule has 4 aromatic carbocycles. The van der Waals surface area contributed by atoms with Crippen molar-refractivity contribution in [3.05, 3.63) is 111 Å². The van der Waals surface area contributed by atoms with Crippen molar-refractivity contribution >= 4 is 63.7 Å². The Morgan fingerprint density at radius 3 is 0.796 bits per heavy atom. The Kier molecular flexibility index (Phi) is 11.7. The summed E-state index contributed by atoms with van der Waals surface area (Å²) < 4.78 is 50.5. The van der Waals surface area contributed by atoms with Crippen molar-refractivity contribution in [1.29, 1.82) is 0 Å². The van der Waals surface area contributed by atoms with Gasteiger partial charge in [-0.05, 0) is 160 Å². The van der Waals surface area contributed by atoms with Crippen LogP contribution >= 0.6 is 63.7 Å². The van der Waals surface area contributed by atoms with Gasteiger partial charge in [0.1, 0.15) is 73.8 Å². The summed E-state index contributed by atoms with van der Waals surface area (Å²) in [4.78, 5) is 0. The highest BCUT2D eigenvalue weighted by Gasteiger charge is 2.34. The second kappa shape index (κ2) is 16.4. The predicted octanol–water partition coefficient (Wildman–Crippen LogP) is 10.0. The van der Waals surface area contributed by atoms with Crippen LogP contribution in [0.2, 0.25) is 0 Å². The maximum Gasteiger partial charge on any atom is 0.136 e. The molecule has 0 amide bonds. The zero-order chi connectivity index (χ0) is 37.7. The molecule has 286 valence electrons. The molecule has 4 aliphatic heterocycles. The van der Waals surface area contributed by atoms with E-state index in [0.717, 1.165) is 112 Å². The van der Waals surface area contributed by atoms with E-state index in [-0.39, 0.29) is 36.3 Å². The second-order valence-corrected chi connectivity index (χ2v) is 18.0. The third-order valence-electron chi connectivity index (χ3n) is 10.0. The number of aryl methyl sites for hydroxylation is 4. The molecule has 4 heterocycles. The summed E-state index contributed by atoms with van der Waals surface area (Å²) in [5.74, 6) is 2.99. The van der Waals surface area contributed by atoms with Gasteiger partial charge in [-0.1, -0.05) is 24.3 Å². The number of hydrogen-bond donors (Lipinski definition) is 0. The summed E-state index contributed by atoms with van der Waals surface area (Å²) in [5.41, 5.74) is 8.67. The third kappa shape index (κ3) is 9.17. The quantitative estimate of drug-likeness (QED) is 0.0968. The topological polar surface area (TPSA) is 87.0 Å². The zero-order valence-corrected chi connectivity index (χ0v) is 36.9. The molecule has 54 heavy (non-hydrogen) atoms. The fourth-order valence-corrected chi connectivity index (χ4v) is 9.76. The van der Waals surface area contributed by atoms with Crippen LogP contribution in [0.15, 0.2) is 66.4 Å². The molecule has 0 bridgehead atoms. The molecule has 12 heteroatoms. The first kappa shape index (κ1) is 38.7. The summed E-state index contributed by atoms with van der Waals surface area (Å²) in [6.07, 6.45) is 0.598. The lowest BCUT2D eigenvalue weighted by Gasteiger charge is -2.32. The summed E-state index contributed by atoms with van der Waals surface area (Å²) in [6, 6.07) is 17.8. The first-order chi connectivity index (χ1) is 26.0. The van der Waals surface area contributed by atoms with E-state index in [4.69, 9.17) is 37.9 Å². The lowest BCUT2D eigenvalue weighted by molar-refractivity contribution is 0.260. The summed E-state index contributed by atoms with van der Waals surface area (Å²) in [5, 5.41) is 0. The highest BCUT2D eigenvalue weighted by molar-refractivity contribution is 9.11. The monoisotopic (exact) mass is 990 g/mol. The van der Waals surface area contributed by atoms with Crippen molar-refractivity contribution in [2.45, 2.75) is 63.9 Å². The lowest BCUT2D eigenvalue weighted by Crippen LogP contribution is -2.17. The van der Waals surface area contributed by atoms with Gasteiger partial charge in [-0.2, -0.15) is 0 Å². The average molecular weight is 994 g/mol. The standard InChI is InChI=1S/C42H42Br4O8/c1-21-5-25(9-33(43)39(21)51-17-29-13-47-29)37(26-6-22(2)40(34(44)10-26)52-18-30-14-48-30)38(27-7-23(3)41(35(45)11-27)53-19-31-15-49-31)28-8-24(4)42(36(46)12-28)54-20-32-16-50-32/h5-12,29-32,37-38H,13-20H2,1-4H3. The van der Waals surface area contributed by atoms with Crippen LogP contribution < -0.4 is 18.9 Å². The number of rotatable bonds is 17. The van der Waals surface area contributed by atoms with E-state index in [2.05, 4.69) is 140 Å². The molecular weight excluding hydrogens is 952 g/mol. The van der Waals surface area contributed by atoms with Crippen molar-refractivity contribution in [1.82, 2.24) is 0 Å². The summed E-state index contributed by atoms with van der Waals surface area (Å²) in [7, 11) is 0. The van der Waals surface area contributed by atoms with Gasteiger partial charge in [0.15, 0.2) is 0 Å². The molecule has 4 fully saturated rings. The molecule has 0 radical (unpaired) electrons. The molecule has 0 aromatic heterocycles. The van der Waals surface area contributed by atoms with Crippen molar-refractivity contribution in [2.75, 3.05) is 52.9 Å². The van der Waals surface area contributed by atoms with E-state index >= 15 is 0 Å². The maximum absolute atomic E-state index is 6.28. The largest absolute Gasteiger partial charge is 0.489 e. The smallest absolute Gasteiger partial charge is 0.136 e. The molecule has 4 unspecified atom stereocenters. The Hall–Kier alpha value is -2.16. The number of hydrogen-bond acceptors (Lipinski definition) is 8. The molecule has 8 nitrogen and oxygen atoms in total.